The van der Waals surface area contributed by atoms with Crippen molar-refractivity contribution in [2.24, 2.45) is 0 Å². The van der Waals surface area contributed by atoms with E-state index in [0.29, 0.717) is 5.95 Å². The van der Waals surface area contributed by atoms with Gasteiger partial charge in [0.2, 0.25) is 5.95 Å². The molecule has 0 radical (unpaired) electrons. The van der Waals surface area contributed by atoms with Gasteiger partial charge in [0, 0.05) is 18.0 Å². The van der Waals surface area contributed by atoms with Gasteiger partial charge in [0.25, 0.3) is 0 Å². The van der Waals surface area contributed by atoms with Crippen LogP contribution in [0.5, 0.6) is 0 Å². The van der Waals surface area contributed by atoms with Crippen LogP contribution in [0, 0.1) is 0 Å². The molecule has 3 heteroatoms. The zero-order valence-corrected chi connectivity index (χ0v) is 5.78. The quantitative estimate of drug-likeness (QED) is 0.627. The van der Waals surface area contributed by atoms with Crippen LogP contribution in [-0.4, -0.2) is 9.97 Å². The molecule has 0 amide bonds. The van der Waals surface area contributed by atoms with E-state index in [1.165, 1.54) is 0 Å². The fourth-order valence-corrected chi connectivity index (χ4v) is 0.627. The number of rotatable bonds is 1. The summed E-state index contributed by atoms with van der Waals surface area (Å²) in [7, 11) is 0. The molecule has 0 aliphatic carbocycles. The van der Waals surface area contributed by atoms with E-state index in [9.17, 15) is 0 Å². The number of nitrogens with zero attached hydrogens (tertiary/aromatic N) is 2. The Morgan fingerprint density at radius 3 is 2.50 bits per heavy atom. The predicted molar refractivity (Wildman–Crippen MR) is 41.2 cm³/mol. The molecule has 1 aromatic rings. The van der Waals surface area contributed by atoms with Crippen molar-refractivity contribution in [3.8, 4) is 0 Å². The lowest BCUT2D eigenvalue weighted by molar-refractivity contribution is 1.18. The monoisotopic (exact) mass is 135 g/mol. The van der Waals surface area contributed by atoms with Crippen LogP contribution >= 0.6 is 0 Å². The Hall–Kier alpha value is -1.38. The van der Waals surface area contributed by atoms with Gasteiger partial charge < -0.3 is 5.73 Å². The summed E-state index contributed by atoms with van der Waals surface area (Å²) in [6.45, 7) is 1.94. The molecule has 0 aliphatic heterocycles. The molecule has 0 atom stereocenters. The number of nitrogen functional groups attached to an aromatic ring is 1. The van der Waals surface area contributed by atoms with Crippen molar-refractivity contribution in [1.82, 2.24) is 9.97 Å². The van der Waals surface area contributed by atoms with E-state index < -0.39 is 0 Å². The molecule has 0 aliphatic rings. The molecule has 0 spiro atoms. The maximum Gasteiger partial charge on any atom is 0.219 e. The van der Waals surface area contributed by atoms with Gasteiger partial charge in [0.15, 0.2) is 0 Å². The largest absolute Gasteiger partial charge is 0.368 e. The Morgan fingerprint density at radius 1 is 1.40 bits per heavy atom. The minimum Gasteiger partial charge on any atom is -0.368 e. The van der Waals surface area contributed by atoms with Crippen LogP contribution in [0.25, 0.3) is 6.08 Å². The highest BCUT2D eigenvalue weighted by Gasteiger charge is 1.86. The third-order valence-corrected chi connectivity index (χ3v) is 1.05. The van der Waals surface area contributed by atoms with E-state index in [2.05, 4.69) is 9.97 Å². The predicted octanol–water partition coefficient (Wildman–Crippen LogP) is 1.09. The van der Waals surface area contributed by atoms with Crippen LogP contribution in [0.2, 0.25) is 0 Å². The number of aromatic nitrogens is 2. The van der Waals surface area contributed by atoms with E-state index >= 15 is 0 Å². The Kier molecular flexibility index (Phi) is 1.99. The summed E-state index contributed by atoms with van der Waals surface area (Å²) in [5, 5.41) is 0. The summed E-state index contributed by atoms with van der Waals surface area (Å²) in [6, 6.07) is 0. The molecule has 2 N–H and O–H groups in total. The lowest BCUT2D eigenvalue weighted by Gasteiger charge is -1.90. The van der Waals surface area contributed by atoms with Crippen molar-refractivity contribution < 1.29 is 0 Å². The second-order valence-corrected chi connectivity index (χ2v) is 1.87. The van der Waals surface area contributed by atoms with Gasteiger partial charge in [-0.15, -0.1) is 0 Å². The smallest absolute Gasteiger partial charge is 0.219 e. The van der Waals surface area contributed by atoms with Crippen molar-refractivity contribution >= 4 is 12.0 Å². The Bertz CT molecular complexity index is 225. The molecule has 52 valence electrons. The zero-order chi connectivity index (χ0) is 7.40. The summed E-state index contributed by atoms with van der Waals surface area (Å²) in [6.07, 6.45) is 7.21. The maximum atomic E-state index is 5.28. The average molecular weight is 135 g/mol. The molecule has 3 nitrogen and oxygen atoms in total. The van der Waals surface area contributed by atoms with Crippen LogP contribution in [0.4, 0.5) is 5.95 Å². The normalized spacial score (nSPS) is 10.5. The average Bonchev–Trinajstić information content (AvgIpc) is 1.95. The van der Waals surface area contributed by atoms with E-state index in [1.807, 2.05) is 19.1 Å². The third-order valence-electron chi connectivity index (χ3n) is 1.05. The number of nitrogens with two attached hydrogens (primary N) is 1. The molecule has 0 unspecified atom stereocenters. The Morgan fingerprint density at radius 2 is 2.00 bits per heavy atom. The second kappa shape index (κ2) is 2.96. The molecule has 0 saturated carbocycles. The molecule has 1 rings (SSSR count). The standard InChI is InChI=1S/C7H9N3/c1-2-3-6-4-9-7(8)10-5-6/h2-5H,1H3,(H2,8,9,10)/b3-2+. The van der Waals surface area contributed by atoms with E-state index in [1.54, 1.807) is 12.4 Å². The summed E-state index contributed by atoms with van der Waals surface area (Å²) < 4.78 is 0. The van der Waals surface area contributed by atoms with Gasteiger partial charge >= 0.3 is 0 Å². The topological polar surface area (TPSA) is 51.8 Å². The maximum absolute atomic E-state index is 5.28. The number of hydrogen-bond acceptors (Lipinski definition) is 3. The van der Waals surface area contributed by atoms with Crippen LogP contribution < -0.4 is 5.73 Å². The summed E-state index contributed by atoms with van der Waals surface area (Å²) in [5.41, 5.74) is 6.25. The summed E-state index contributed by atoms with van der Waals surface area (Å²) >= 11 is 0. The lowest BCUT2D eigenvalue weighted by Crippen LogP contribution is -1.92. The van der Waals surface area contributed by atoms with Gasteiger partial charge in [-0.1, -0.05) is 12.2 Å². The summed E-state index contributed by atoms with van der Waals surface area (Å²) in [5.74, 6) is 0.313. The van der Waals surface area contributed by atoms with Crippen LogP contribution in [0.3, 0.4) is 0 Å². The third kappa shape index (κ3) is 1.55. The molecule has 10 heavy (non-hydrogen) atoms. The van der Waals surface area contributed by atoms with Crippen molar-refractivity contribution in [1.29, 1.82) is 0 Å². The number of anilines is 1. The first kappa shape index (κ1) is 6.74. The Balaban J connectivity index is 2.89. The molecular formula is C7H9N3. The Labute approximate surface area is 59.6 Å². The summed E-state index contributed by atoms with van der Waals surface area (Å²) in [4.78, 5) is 7.63. The molecule has 1 aromatic heterocycles. The molecule has 1 heterocycles. The highest BCUT2D eigenvalue weighted by molar-refractivity contribution is 5.46. The minimum atomic E-state index is 0.313. The van der Waals surface area contributed by atoms with Gasteiger partial charge in [0.05, 0.1) is 0 Å². The molecule has 0 saturated heterocycles. The van der Waals surface area contributed by atoms with Crippen molar-refractivity contribution in [3.05, 3.63) is 24.0 Å². The molecule has 0 bridgehead atoms. The highest BCUT2D eigenvalue weighted by atomic mass is 15.0. The lowest BCUT2D eigenvalue weighted by atomic mass is 10.3. The number of allylic oxidation sites excluding steroid dienone is 1. The van der Waals surface area contributed by atoms with Crippen molar-refractivity contribution in [3.63, 3.8) is 0 Å². The first-order chi connectivity index (χ1) is 4.83. The fraction of sp³-hybridized carbons (Fsp3) is 0.143. The van der Waals surface area contributed by atoms with Gasteiger partial charge in [-0.3, -0.25) is 0 Å². The van der Waals surface area contributed by atoms with Gasteiger partial charge in [-0.2, -0.15) is 0 Å². The minimum absolute atomic E-state index is 0.313. The van der Waals surface area contributed by atoms with Crippen LogP contribution in [-0.2, 0) is 0 Å². The zero-order valence-electron chi connectivity index (χ0n) is 5.78. The van der Waals surface area contributed by atoms with E-state index in [0.717, 1.165) is 5.56 Å². The van der Waals surface area contributed by atoms with Crippen molar-refractivity contribution in [2.45, 2.75) is 6.92 Å². The van der Waals surface area contributed by atoms with Crippen LogP contribution in [0.1, 0.15) is 12.5 Å². The van der Waals surface area contributed by atoms with Crippen LogP contribution in [0.15, 0.2) is 18.5 Å². The highest BCUT2D eigenvalue weighted by Crippen LogP contribution is 1.98. The number of hydrogen-bond donors (Lipinski definition) is 1. The molecule has 0 aromatic carbocycles. The van der Waals surface area contributed by atoms with Crippen molar-refractivity contribution in [2.75, 3.05) is 5.73 Å². The first-order valence-corrected chi connectivity index (χ1v) is 3.03. The molecular weight excluding hydrogens is 126 g/mol. The second-order valence-electron chi connectivity index (χ2n) is 1.87. The van der Waals surface area contributed by atoms with E-state index in [-0.39, 0.29) is 0 Å². The SMILES string of the molecule is C/C=C/c1cnc(N)nc1. The fourth-order valence-electron chi connectivity index (χ4n) is 0.627. The molecule has 0 fully saturated rings. The van der Waals surface area contributed by atoms with Gasteiger partial charge in [-0.25, -0.2) is 9.97 Å². The van der Waals surface area contributed by atoms with Gasteiger partial charge in [0.1, 0.15) is 0 Å². The first-order valence-electron chi connectivity index (χ1n) is 3.03. The van der Waals surface area contributed by atoms with E-state index in [4.69, 9.17) is 5.73 Å². The van der Waals surface area contributed by atoms with Gasteiger partial charge in [-0.05, 0) is 6.92 Å².